The number of aliphatic hydroxyl groups is 1. The van der Waals surface area contributed by atoms with Crippen molar-refractivity contribution < 1.29 is 24.2 Å². The van der Waals surface area contributed by atoms with Crippen LogP contribution in [0.15, 0.2) is 54.6 Å². The molecule has 4 rings (SSSR count). The number of imide groups is 1. The maximum atomic E-state index is 14.0. The summed E-state index contributed by atoms with van der Waals surface area (Å²) in [5, 5.41) is 17.9. The number of nitrogens with one attached hydrogen (secondary N) is 2. The molecule has 2 amide bonds. The molecular formula is C33H41N3O5. The maximum absolute atomic E-state index is 14.0. The van der Waals surface area contributed by atoms with E-state index in [2.05, 4.69) is 10.6 Å². The van der Waals surface area contributed by atoms with E-state index >= 15 is 0 Å². The van der Waals surface area contributed by atoms with Gasteiger partial charge in [-0.05, 0) is 69.5 Å². The zero-order valence-electron chi connectivity index (χ0n) is 24.6. The molecule has 0 aliphatic carbocycles. The van der Waals surface area contributed by atoms with Crippen molar-refractivity contribution in [1.82, 2.24) is 4.90 Å². The van der Waals surface area contributed by atoms with Gasteiger partial charge >= 0.3 is 5.97 Å². The molecule has 0 aromatic heterocycles. The van der Waals surface area contributed by atoms with Gasteiger partial charge in [-0.15, -0.1) is 0 Å². The van der Waals surface area contributed by atoms with Crippen LogP contribution >= 0.6 is 0 Å². The molecule has 3 aromatic carbocycles. The number of carbonyl (C=O) groups excluding carboxylic acids is 3. The van der Waals surface area contributed by atoms with Gasteiger partial charge in [-0.1, -0.05) is 44.5 Å². The number of benzene rings is 3. The Labute approximate surface area is 242 Å². The summed E-state index contributed by atoms with van der Waals surface area (Å²) >= 11 is 0. The summed E-state index contributed by atoms with van der Waals surface area (Å²) in [5.41, 5.74) is 2.55. The van der Waals surface area contributed by atoms with Gasteiger partial charge < -0.3 is 20.5 Å². The van der Waals surface area contributed by atoms with Crippen LogP contribution in [-0.4, -0.2) is 53.5 Å². The molecule has 218 valence electrons. The standard InChI is InChI=1S/C33H41N3O5/c1-6-10-28(33(5,7-2)32(40)41-8-3)36-30(38)25-12-9-11-24-27(18-17-26(29(24)25)31(36)39)35-20-19-34-23-15-13-22(14-16-23)21(4)37/h9,11-18,21,28,34-35,37H,6-8,10,19-20H2,1-5H3. The highest BCUT2D eigenvalue weighted by Crippen LogP contribution is 2.40. The van der Waals surface area contributed by atoms with Crippen molar-refractivity contribution in [2.75, 3.05) is 30.3 Å². The minimum atomic E-state index is -1.02. The lowest BCUT2D eigenvalue weighted by molar-refractivity contribution is -0.158. The van der Waals surface area contributed by atoms with E-state index in [9.17, 15) is 19.5 Å². The van der Waals surface area contributed by atoms with E-state index in [1.165, 1.54) is 4.90 Å². The summed E-state index contributed by atoms with van der Waals surface area (Å²) in [6.45, 7) is 10.7. The van der Waals surface area contributed by atoms with Gasteiger partial charge in [0.05, 0.1) is 24.2 Å². The van der Waals surface area contributed by atoms with Gasteiger partial charge in [0.1, 0.15) is 0 Å². The molecule has 8 heteroatoms. The van der Waals surface area contributed by atoms with Crippen LogP contribution in [0.2, 0.25) is 0 Å². The highest BCUT2D eigenvalue weighted by atomic mass is 16.5. The number of hydrogen-bond acceptors (Lipinski definition) is 7. The van der Waals surface area contributed by atoms with Gasteiger partial charge in [-0.25, -0.2) is 0 Å². The molecule has 1 heterocycles. The summed E-state index contributed by atoms with van der Waals surface area (Å²) in [5.74, 6) is -1.15. The Morgan fingerprint density at radius 3 is 2.22 bits per heavy atom. The lowest BCUT2D eigenvalue weighted by Gasteiger charge is -2.42. The first kappa shape index (κ1) is 30.1. The monoisotopic (exact) mass is 559 g/mol. The molecule has 0 bridgehead atoms. The zero-order valence-corrected chi connectivity index (χ0v) is 24.6. The average Bonchev–Trinajstić information content (AvgIpc) is 2.97. The van der Waals surface area contributed by atoms with Gasteiger partial charge in [0.2, 0.25) is 0 Å². The fourth-order valence-corrected chi connectivity index (χ4v) is 5.65. The van der Waals surface area contributed by atoms with Crippen LogP contribution in [0.4, 0.5) is 11.4 Å². The molecule has 0 fully saturated rings. The normalized spacial score (nSPS) is 15.8. The summed E-state index contributed by atoms with van der Waals surface area (Å²) < 4.78 is 5.41. The summed E-state index contributed by atoms with van der Waals surface area (Å²) in [6, 6.07) is 16.2. The number of nitrogens with zero attached hydrogens (tertiary/aromatic N) is 1. The SMILES string of the molecule is CCCC(N1C(=O)c2cccc3c(NCCNc4ccc(C(C)O)cc4)ccc(c23)C1=O)C(C)(CC)C(=O)OCC. The Bertz CT molecular complexity index is 1400. The first-order valence-corrected chi connectivity index (χ1v) is 14.5. The van der Waals surface area contributed by atoms with E-state index in [1.807, 2.05) is 56.3 Å². The fraction of sp³-hybridized carbons (Fsp3) is 0.424. The van der Waals surface area contributed by atoms with Gasteiger partial charge in [0.25, 0.3) is 11.8 Å². The molecule has 0 radical (unpaired) electrons. The van der Waals surface area contributed by atoms with Crippen molar-refractivity contribution in [2.24, 2.45) is 5.41 Å². The van der Waals surface area contributed by atoms with Crippen LogP contribution in [0.5, 0.6) is 0 Å². The molecule has 0 saturated heterocycles. The van der Waals surface area contributed by atoms with Crippen LogP contribution in [0.1, 0.15) is 86.3 Å². The van der Waals surface area contributed by atoms with Crippen LogP contribution in [0, 0.1) is 5.41 Å². The van der Waals surface area contributed by atoms with Gasteiger partial charge in [0.15, 0.2) is 0 Å². The predicted octanol–water partition coefficient (Wildman–Crippen LogP) is 6.16. The molecule has 41 heavy (non-hydrogen) atoms. The van der Waals surface area contributed by atoms with Crippen molar-refractivity contribution in [3.63, 3.8) is 0 Å². The van der Waals surface area contributed by atoms with Crippen molar-refractivity contribution in [3.8, 4) is 0 Å². The smallest absolute Gasteiger partial charge is 0.313 e. The van der Waals surface area contributed by atoms with Gasteiger partial charge in [0, 0.05) is 46.4 Å². The molecule has 0 saturated carbocycles. The van der Waals surface area contributed by atoms with Gasteiger partial charge in [-0.2, -0.15) is 0 Å². The van der Waals surface area contributed by atoms with Crippen molar-refractivity contribution in [2.45, 2.75) is 66.0 Å². The van der Waals surface area contributed by atoms with E-state index in [0.29, 0.717) is 48.9 Å². The van der Waals surface area contributed by atoms with Gasteiger partial charge in [-0.3, -0.25) is 19.3 Å². The number of amides is 2. The third-order valence-electron chi connectivity index (χ3n) is 8.19. The average molecular weight is 560 g/mol. The minimum absolute atomic E-state index is 0.234. The first-order valence-electron chi connectivity index (χ1n) is 14.5. The van der Waals surface area contributed by atoms with Crippen molar-refractivity contribution in [3.05, 3.63) is 71.3 Å². The third-order valence-corrected chi connectivity index (χ3v) is 8.19. The Kier molecular flexibility index (Phi) is 9.33. The maximum Gasteiger partial charge on any atom is 0.313 e. The number of aliphatic hydroxyl groups excluding tert-OH is 1. The number of anilines is 2. The first-order chi connectivity index (χ1) is 19.7. The Morgan fingerprint density at radius 2 is 1.61 bits per heavy atom. The highest BCUT2D eigenvalue weighted by molar-refractivity contribution is 6.27. The molecular weight excluding hydrogens is 518 g/mol. The Hall–Kier alpha value is -3.91. The van der Waals surface area contributed by atoms with E-state index in [0.717, 1.165) is 22.3 Å². The topological polar surface area (TPSA) is 108 Å². The molecule has 3 N–H and O–H groups in total. The van der Waals surface area contributed by atoms with Crippen LogP contribution in [-0.2, 0) is 9.53 Å². The second kappa shape index (κ2) is 12.7. The Balaban J connectivity index is 1.59. The van der Waals surface area contributed by atoms with Crippen molar-refractivity contribution in [1.29, 1.82) is 0 Å². The number of carbonyl (C=O) groups is 3. The second-order valence-electron chi connectivity index (χ2n) is 10.8. The summed E-state index contributed by atoms with van der Waals surface area (Å²) in [6.07, 6.45) is 1.14. The summed E-state index contributed by atoms with van der Waals surface area (Å²) in [4.78, 5) is 42.4. The predicted molar refractivity (Wildman–Crippen MR) is 162 cm³/mol. The number of esters is 1. The molecule has 8 nitrogen and oxygen atoms in total. The highest BCUT2D eigenvalue weighted by Gasteiger charge is 2.49. The quantitative estimate of drug-likeness (QED) is 0.131. The Morgan fingerprint density at radius 1 is 0.951 bits per heavy atom. The van der Waals surface area contributed by atoms with E-state index < -0.39 is 23.5 Å². The lowest BCUT2D eigenvalue weighted by Crippen LogP contribution is -2.56. The minimum Gasteiger partial charge on any atom is -0.466 e. The van der Waals surface area contributed by atoms with E-state index in [4.69, 9.17) is 4.74 Å². The summed E-state index contributed by atoms with van der Waals surface area (Å²) in [7, 11) is 0. The third kappa shape index (κ3) is 5.79. The fourth-order valence-electron chi connectivity index (χ4n) is 5.65. The van der Waals surface area contributed by atoms with E-state index in [-0.39, 0.29) is 18.4 Å². The second-order valence-corrected chi connectivity index (χ2v) is 10.8. The number of rotatable bonds is 13. The molecule has 0 spiro atoms. The number of hydrogen-bond donors (Lipinski definition) is 3. The zero-order chi connectivity index (χ0) is 29.7. The molecule has 3 atom stereocenters. The lowest BCUT2D eigenvalue weighted by atomic mass is 9.75. The molecule has 1 aliphatic heterocycles. The van der Waals surface area contributed by atoms with Crippen LogP contribution in [0.3, 0.4) is 0 Å². The number of ether oxygens (including phenoxy) is 1. The van der Waals surface area contributed by atoms with Crippen LogP contribution in [0.25, 0.3) is 10.8 Å². The molecule has 3 aromatic rings. The molecule has 3 unspecified atom stereocenters. The van der Waals surface area contributed by atoms with E-state index in [1.54, 1.807) is 32.9 Å². The van der Waals surface area contributed by atoms with Crippen LogP contribution < -0.4 is 10.6 Å². The molecule has 1 aliphatic rings. The van der Waals surface area contributed by atoms with Crippen molar-refractivity contribution >= 4 is 39.9 Å². The largest absolute Gasteiger partial charge is 0.466 e.